The third-order valence-corrected chi connectivity index (χ3v) is 2.69. The smallest absolute Gasteiger partial charge is 0.298 e. The maximum absolute atomic E-state index is 13.6. The summed E-state index contributed by atoms with van der Waals surface area (Å²) in [4.78, 5) is 9.78. The average Bonchev–Trinajstić information content (AvgIpc) is 2.40. The third-order valence-electron chi connectivity index (χ3n) is 2.69. The molecular formula is C13H8F4N2O2. The SMILES string of the molecule is O=[N+]([O-])c1cc(F)cc(F)c1NCc1cc(F)ccc1F. The fourth-order valence-electron chi connectivity index (χ4n) is 1.74. The van der Waals surface area contributed by atoms with Crippen LogP contribution in [0.15, 0.2) is 30.3 Å². The van der Waals surface area contributed by atoms with Gasteiger partial charge in [-0.1, -0.05) is 0 Å². The highest BCUT2D eigenvalue weighted by atomic mass is 19.1. The Morgan fingerprint density at radius 3 is 2.38 bits per heavy atom. The molecule has 1 N–H and O–H groups in total. The van der Waals surface area contributed by atoms with Crippen molar-refractivity contribution in [3.8, 4) is 0 Å². The van der Waals surface area contributed by atoms with Gasteiger partial charge in [0.15, 0.2) is 5.82 Å². The van der Waals surface area contributed by atoms with Gasteiger partial charge in [-0.05, 0) is 18.2 Å². The zero-order chi connectivity index (χ0) is 15.6. The van der Waals surface area contributed by atoms with Crippen LogP contribution in [-0.4, -0.2) is 4.92 Å². The van der Waals surface area contributed by atoms with Crippen molar-refractivity contribution in [1.82, 2.24) is 0 Å². The molecule has 0 spiro atoms. The second kappa shape index (κ2) is 5.78. The molecule has 0 radical (unpaired) electrons. The quantitative estimate of drug-likeness (QED) is 0.531. The van der Waals surface area contributed by atoms with Crippen molar-refractivity contribution in [2.45, 2.75) is 6.54 Å². The fourth-order valence-corrected chi connectivity index (χ4v) is 1.74. The number of anilines is 1. The molecule has 0 amide bonds. The summed E-state index contributed by atoms with van der Waals surface area (Å²) in [5.74, 6) is -3.77. The topological polar surface area (TPSA) is 55.2 Å². The maximum atomic E-state index is 13.6. The van der Waals surface area contributed by atoms with Crippen molar-refractivity contribution in [1.29, 1.82) is 0 Å². The van der Waals surface area contributed by atoms with Crippen LogP contribution in [-0.2, 0) is 6.54 Å². The molecule has 8 heteroatoms. The Hall–Kier alpha value is -2.64. The Bertz CT molecular complexity index is 707. The van der Waals surface area contributed by atoms with Crippen LogP contribution in [0.5, 0.6) is 0 Å². The predicted octanol–water partition coefficient (Wildman–Crippen LogP) is 3.76. The van der Waals surface area contributed by atoms with Gasteiger partial charge in [-0.15, -0.1) is 0 Å². The summed E-state index contributed by atoms with van der Waals surface area (Å²) in [7, 11) is 0. The van der Waals surface area contributed by atoms with Crippen LogP contribution in [0, 0.1) is 33.4 Å². The first-order valence-corrected chi connectivity index (χ1v) is 5.69. The normalized spacial score (nSPS) is 10.5. The zero-order valence-corrected chi connectivity index (χ0v) is 10.4. The molecule has 0 saturated carbocycles. The van der Waals surface area contributed by atoms with Gasteiger partial charge in [0.05, 0.1) is 11.0 Å². The van der Waals surface area contributed by atoms with E-state index in [9.17, 15) is 27.7 Å². The molecule has 0 heterocycles. The summed E-state index contributed by atoms with van der Waals surface area (Å²) in [5.41, 5.74) is -1.57. The molecule has 0 fully saturated rings. The minimum absolute atomic E-state index is 0.145. The molecular weight excluding hydrogens is 292 g/mol. The van der Waals surface area contributed by atoms with E-state index in [1.54, 1.807) is 0 Å². The fraction of sp³-hybridized carbons (Fsp3) is 0.0769. The van der Waals surface area contributed by atoms with Crippen LogP contribution in [0.4, 0.5) is 28.9 Å². The lowest BCUT2D eigenvalue weighted by Crippen LogP contribution is -2.07. The molecule has 0 aromatic heterocycles. The number of hydrogen-bond donors (Lipinski definition) is 1. The van der Waals surface area contributed by atoms with Crippen LogP contribution < -0.4 is 5.32 Å². The highest BCUT2D eigenvalue weighted by Crippen LogP contribution is 2.29. The number of hydrogen-bond acceptors (Lipinski definition) is 3. The summed E-state index contributed by atoms with van der Waals surface area (Å²) >= 11 is 0. The maximum Gasteiger partial charge on any atom is 0.298 e. The number of benzene rings is 2. The first-order chi connectivity index (χ1) is 9.88. The lowest BCUT2D eigenvalue weighted by Gasteiger charge is -2.09. The first-order valence-electron chi connectivity index (χ1n) is 5.69. The number of halogens is 4. The summed E-state index contributed by atoms with van der Waals surface area (Å²) in [5, 5.41) is 13.0. The van der Waals surface area contributed by atoms with Crippen molar-refractivity contribution in [2.75, 3.05) is 5.32 Å². The van der Waals surface area contributed by atoms with Gasteiger partial charge >= 0.3 is 0 Å². The summed E-state index contributed by atoms with van der Waals surface area (Å²) < 4.78 is 52.9. The van der Waals surface area contributed by atoms with Gasteiger partial charge in [-0.2, -0.15) is 0 Å². The molecule has 2 rings (SSSR count). The lowest BCUT2D eigenvalue weighted by atomic mass is 10.2. The van der Waals surface area contributed by atoms with E-state index in [4.69, 9.17) is 0 Å². The van der Waals surface area contributed by atoms with E-state index in [-0.39, 0.29) is 5.56 Å². The standard InChI is InChI=1S/C13H8F4N2O2/c14-8-1-2-10(16)7(3-8)6-18-13-11(17)4-9(15)5-12(13)19(20)21/h1-5,18H,6H2. The van der Waals surface area contributed by atoms with Gasteiger partial charge in [-0.25, -0.2) is 17.6 Å². The molecule has 2 aromatic rings. The summed E-state index contributed by atoms with van der Waals surface area (Å²) in [6, 6.07) is 3.64. The number of nitro groups is 1. The zero-order valence-electron chi connectivity index (χ0n) is 10.4. The van der Waals surface area contributed by atoms with Crippen molar-refractivity contribution >= 4 is 11.4 Å². The van der Waals surface area contributed by atoms with E-state index >= 15 is 0 Å². The van der Waals surface area contributed by atoms with Crippen LogP contribution in [0.25, 0.3) is 0 Å². The van der Waals surface area contributed by atoms with Gasteiger partial charge in [0.1, 0.15) is 23.1 Å². The van der Waals surface area contributed by atoms with Crippen molar-refractivity contribution in [2.24, 2.45) is 0 Å². The molecule has 110 valence electrons. The van der Waals surface area contributed by atoms with E-state index < -0.39 is 46.1 Å². The average molecular weight is 300 g/mol. The molecule has 0 aliphatic carbocycles. The van der Waals surface area contributed by atoms with E-state index in [0.717, 1.165) is 18.2 Å². The number of rotatable bonds is 4. The highest BCUT2D eigenvalue weighted by Gasteiger charge is 2.20. The van der Waals surface area contributed by atoms with Crippen LogP contribution in [0.3, 0.4) is 0 Å². The Morgan fingerprint density at radius 1 is 1.00 bits per heavy atom. The number of nitrogens with zero attached hydrogens (tertiary/aromatic N) is 1. The van der Waals surface area contributed by atoms with E-state index in [2.05, 4.69) is 5.32 Å². The molecule has 0 saturated heterocycles. The van der Waals surface area contributed by atoms with Crippen molar-refractivity contribution < 1.29 is 22.5 Å². The van der Waals surface area contributed by atoms with Crippen molar-refractivity contribution in [3.63, 3.8) is 0 Å². The minimum atomic E-state index is -1.20. The summed E-state index contributed by atoms with van der Waals surface area (Å²) in [6.45, 7) is -0.396. The lowest BCUT2D eigenvalue weighted by molar-refractivity contribution is -0.384. The number of nitrogens with one attached hydrogen (secondary N) is 1. The van der Waals surface area contributed by atoms with Gasteiger partial charge in [0.2, 0.25) is 0 Å². The predicted molar refractivity (Wildman–Crippen MR) is 66.7 cm³/mol. The Labute approximate surface area is 116 Å². The molecule has 2 aromatic carbocycles. The Kier molecular flexibility index (Phi) is 4.06. The van der Waals surface area contributed by atoms with Gasteiger partial charge in [0.25, 0.3) is 5.69 Å². The second-order valence-electron chi connectivity index (χ2n) is 4.13. The molecule has 0 aliphatic rings. The largest absolute Gasteiger partial charge is 0.373 e. The van der Waals surface area contributed by atoms with E-state index in [0.29, 0.717) is 12.1 Å². The highest BCUT2D eigenvalue weighted by molar-refractivity contribution is 5.62. The number of nitro benzene ring substituents is 1. The second-order valence-corrected chi connectivity index (χ2v) is 4.13. The van der Waals surface area contributed by atoms with Gasteiger partial charge in [-0.3, -0.25) is 10.1 Å². The van der Waals surface area contributed by atoms with Gasteiger partial charge in [0, 0.05) is 18.2 Å². The van der Waals surface area contributed by atoms with Gasteiger partial charge < -0.3 is 5.32 Å². The monoisotopic (exact) mass is 300 g/mol. The molecule has 4 nitrogen and oxygen atoms in total. The van der Waals surface area contributed by atoms with Crippen LogP contribution in [0.2, 0.25) is 0 Å². The molecule has 0 bridgehead atoms. The first kappa shape index (κ1) is 14.8. The molecule has 0 atom stereocenters. The Balaban J connectivity index is 2.32. The molecule has 0 unspecified atom stereocenters. The van der Waals surface area contributed by atoms with Crippen LogP contribution in [0.1, 0.15) is 5.56 Å². The minimum Gasteiger partial charge on any atom is -0.373 e. The molecule has 0 aliphatic heterocycles. The summed E-state index contributed by atoms with van der Waals surface area (Å²) in [6.07, 6.45) is 0. The van der Waals surface area contributed by atoms with Crippen molar-refractivity contribution in [3.05, 3.63) is 69.3 Å². The Morgan fingerprint density at radius 2 is 1.71 bits per heavy atom. The molecule has 21 heavy (non-hydrogen) atoms. The van der Waals surface area contributed by atoms with E-state index in [1.807, 2.05) is 0 Å². The third kappa shape index (κ3) is 3.28. The van der Waals surface area contributed by atoms with Crippen LogP contribution >= 0.6 is 0 Å². The van der Waals surface area contributed by atoms with E-state index in [1.165, 1.54) is 0 Å².